The van der Waals surface area contributed by atoms with Gasteiger partial charge in [0.1, 0.15) is 11.6 Å². The zero-order valence-corrected chi connectivity index (χ0v) is 11.0. The summed E-state index contributed by atoms with van der Waals surface area (Å²) in [6.07, 6.45) is 0. The molecule has 0 unspecified atom stereocenters. The highest BCUT2D eigenvalue weighted by atomic mass is 19.1. The first-order valence-electron chi connectivity index (χ1n) is 5.56. The third-order valence-electron chi connectivity index (χ3n) is 2.63. The number of carbonyl (C=O) groups is 1. The van der Waals surface area contributed by atoms with Gasteiger partial charge in [-0.1, -0.05) is 0 Å². The first-order valence-corrected chi connectivity index (χ1v) is 5.56. The first kappa shape index (κ1) is 14.3. The lowest BCUT2D eigenvalue weighted by molar-refractivity contribution is -0.149. The van der Waals surface area contributed by atoms with Crippen molar-refractivity contribution in [3.63, 3.8) is 0 Å². The second kappa shape index (κ2) is 5.71. The van der Waals surface area contributed by atoms with E-state index in [-0.39, 0.29) is 12.5 Å². The number of carbonyl (C=O) groups excluding carboxylic acids is 1. The molecule has 0 bridgehead atoms. The van der Waals surface area contributed by atoms with Crippen molar-refractivity contribution in [2.75, 3.05) is 26.1 Å². The molecule has 0 saturated carbocycles. The van der Waals surface area contributed by atoms with Gasteiger partial charge < -0.3 is 14.8 Å². The summed E-state index contributed by atoms with van der Waals surface area (Å²) in [5, 5.41) is 2.89. The van der Waals surface area contributed by atoms with Crippen LogP contribution in [-0.2, 0) is 9.53 Å². The van der Waals surface area contributed by atoms with E-state index in [0.29, 0.717) is 11.4 Å². The summed E-state index contributed by atoms with van der Waals surface area (Å²) in [7, 11) is 2.84. The Kier molecular flexibility index (Phi) is 4.53. The van der Waals surface area contributed by atoms with Gasteiger partial charge in [-0.15, -0.1) is 0 Å². The van der Waals surface area contributed by atoms with Crippen LogP contribution in [0, 0.1) is 11.2 Å². The van der Waals surface area contributed by atoms with E-state index in [9.17, 15) is 9.18 Å². The van der Waals surface area contributed by atoms with Gasteiger partial charge in [-0.05, 0) is 26.0 Å². The fourth-order valence-corrected chi connectivity index (χ4v) is 1.43. The number of esters is 1. The number of hydrogen-bond donors (Lipinski definition) is 1. The Labute approximate surface area is 106 Å². The van der Waals surface area contributed by atoms with Gasteiger partial charge in [0.25, 0.3) is 0 Å². The number of anilines is 1. The van der Waals surface area contributed by atoms with Crippen LogP contribution >= 0.6 is 0 Å². The van der Waals surface area contributed by atoms with Crippen LogP contribution in [0.25, 0.3) is 0 Å². The van der Waals surface area contributed by atoms with Gasteiger partial charge in [-0.2, -0.15) is 0 Å². The van der Waals surface area contributed by atoms with Crippen molar-refractivity contribution >= 4 is 11.7 Å². The monoisotopic (exact) mass is 255 g/mol. The summed E-state index contributed by atoms with van der Waals surface area (Å²) >= 11 is 0. The SMILES string of the molecule is COC(=O)C(C)(C)CNc1cc(OC)ccc1F. The number of rotatable bonds is 5. The molecule has 1 rings (SSSR count). The molecule has 1 aromatic carbocycles. The highest BCUT2D eigenvalue weighted by Crippen LogP contribution is 2.24. The molecule has 18 heavy (non-hydrogen) atoms. The number of benzene rings is 1. The molecule has 100 valence electrons. The fourth-order valence-electron chi connectivity index (χ4n) is 1.43. The maximum Gasteiger partial charge on any atom is 0.313 e. The van der Waals surface area contributed by atoms with E-state index in [1.807, 2.05) is 0 Å². The van der Waals surface area contributed by atoms with Crippen molar-refractivity contribution in [1.29, 1.82) is 0 Å². The molecule has 0 spiro atoms. The number of methoxy groups -OCH3 is 2. The van der Waals surface area contributed by atoms with Gasteiger partial charge >= 0.3 is 5.97 Å². The lowest BCUT2D eigenvalue weighted by Gasteiger charge is -2.22. The first-order chi connectivity index (χ1) is 8.40. The van der Waals surface area contributed by atoms with Crippen LogP contribution in [0.15, 0.2) is 18.2 Å². The predicted octanol–water partition coefficient (Wildman–Crippen LogP) is 2.45. The van der Waals surface area contributed by atoms with Crippen LogP contribution in [0.3, 0.4) is 0 Å². The van der Waals surface area contributed by atoms with E-state index in [0.717, 1.165) is 0 Å². The Balaban J connectivity index is 2.77. The van der Waals surface area contributed by atoms with Crippen molar-refractivity contribution < 1.29 is 18.7 Å². The molecule has 0 aromatic heterocycles. The van der Waals surface area contributed by atoms with Crippen LogP contribution in [0.1, 0.15) is 13.8 Å². The summed E-state index contributed by atoms with van der Waals surface area (Å²) in [5.74, 6) is -0.190. The van der Waals surface area contributed by atoms with Crippen molar-refractivity contribution in [2.24, 2.45) is 5.41 Å². The molecule has 0 saturated heterocycles. The normalized spacial score (nSPS) is 10.9. The summed E-state index contributed by atoms with van der Waals surface area (Å²) in [6.45, 7) is 3.72. The third-order valence-corrected chi connectivity index (χ3v) is 2.63. The van der Waals surface area contributed by atoms with Gasteiger partial charge in [-0.25, -0.2) is 4.39 Å². The van der Waals surface area contributed by atoms with E-state index in [1.54, 1.807) is 19.9 Å². The van der Waals surface area contributed by atoms with Gasteiger partial charge in [0.2, 0.25) is 0 Å². The van der Waals surface area contributed by atoms with Crippen molar-refractivity contribution in [2.45, 2.75) is 13.8 Å². The minimum Gasteiger partial charge on any atom is -0.497 e. The highest BCUT2D eigenvalue weighted by Gasteiger charge is 2.28. The van der Waals surface area contributed by atoms with Gasteiger partial charge in [0.15, 0.2) is 0 Å². The summed E-state index contributed by atoms with van der Waals surface area (Å²) < 4.78 is 23.2. The Hall–Kier alpha value is -1.78. The van der Waals surface area contributed by atoms with Crippen molar-refractivity contribution in [3.05, 3.63) is 24.0 Å². The number of ether oxygens (including phenoxy) is 2. The van der Waals surface area contributed by atoms with Crippen LogP contribution < -0.4 is 10.1 Å². The Morgan fingerprint density at radius 1 is 1.39 bits per heavy atom. The Morgan fingerprint density at radius 2 is 2.06 bits per heavy atom. The number of nitrogens with one attached hydrogen (secondary N) is 1. The maximum absolute atomic E-state index is 13.5. The summed E-state index contributed by atoms with van der Waals surface area (Å²) in [5.41, 5.74) is -0.434. The average molecular weight is 255 g/mol. The standard InChI is InChI=1S/C13H18FNO3/c1-13(2,12(16)18-4)8-15-11-7-9(17-3)5-6-10(11)14/h5-7,15H,8H2,1-4H3. The topological polar surface area (TPSA) is 47.6 Å². The number of halogens is 1. The second-order valence-corrected chi connectivity index (χ2v) is 4.57. The quantitative estimate of drug-likeness (QED) is 0.821. The minimum atomic E-state index is -0.732. The van der Waals surface area contributed by atoms with Crippen LogP contribution in [0.4, 0.5) is 10.1 Å². The minimum absolute atomic E-state index is 0.268. The molecule has 0 aliphatic heterocycles. The predicted molar refractivity (Wildman–Crippen MR) is 67.2 cm³/mol. The summed E-state index contributed by atoms with van der Waals surface area (Å²) in [4.78, 5) is 11.5. The van der Waals surface area contributed by atoms with Crippen LogP contribution in [-0.4, -0.2) is 26.7 Å². The molecule has 0 aliphatic rings. The van der Waals surface area contributed by atoms with Gasteiger partial charge in [-0.3, -0.25) is 4.79 Å². The van der Waals surface area contributed by atoms with E-state index >= 15 is 0 Å². The molecule has 0 atom stereocenters. The highest BCUT2D eigenvalue weighted by molar-refractivity contribution is 5.76. The Morgan fingerprint density at radius 3 is 2.61 bits per heavy atom. The molecule has 5 heteroatoms. The molecule has 0 radical (unpaired) electrons. The van der Waals surface area contributed by atoms with Gasteiger partial charge in [0.05, 0.1) is 25.3 Å². The van der Waals surface area contributed by atoms with E-state index < -0.39 is 11.2 Å². The molecule has 1 N–H and O–H groups in total. The van der Waals surface area contributed by atoms with Crippen LogP contribution in [0.5, 0.6) is 5.75 Å². The molecular weight excluding hydrogens is 237 g/mol. The molecule has 0 fully saturated rings. The zero-order valence-electron chi connectivity index (χ0n) is 11.0. The van der Waals surface area contributed by atoms with Crippen molar-refractivity contribution in [1.82, 2.24) is 0 Å². The molecule has 0 heterocycles. The second-order valence-electron chi connectivity index (χ2n) is 4.57. The van der Waals surface area contributed by atoms with E-state index in [1.165, 1.54) is 26.4 Å². The molecule has 1 aromatic rings. The van der Waals surface area contributed by atoms with Gasteiger partial charge in [0, 0.05) is 12.6 Å². The molecule has 0 aliphatic carbocycles. The zero-order chi connectivity index (χ0) is 13.8. The molecule has 0 amide bonds. The van der Waals surface area contributed by atoms with Crippen molar-refractivity contribution in [3.8, 4) is 5.75 Å². The number of hydrogen-bond acceptors (Lipinski definition) is 4. The summed E-state index contributed by atoms with van der Waals surface area (Å²) in [6, 6.07) is 4.39. The smallest absolute Gasteiger partial charge is 0.313 e. The van der Waals surface area contributed by atoms with Crippen LogP contribution in [0.2, 0.25) is 0 Å². The Bertz CT molecular complexity index is 432. The average Bonchev–Trinajstić information content (AvgIpc) is 2.36. The molecule has 4 nitrogen and oxygen atoms in total. The maximum atomic E-state index is 13.5. The van der Waals surface area contributed by atoms with E-state index in [4.69, 9.17) is 4.74 Å². The van der Waals surface area contributed by atoms with E-state index in [2.05, 4.69) is 10.1 Å². The fraction of sp³-hybridized carbons (Fsp3) is 0.462. The molecular formula is C13H18FNO3. The largest absolute Gasteiger partial charge is 0.497 e. The lowest BCUT2D eigenvalue weighted by atomic mass is 9.93. The third kappa shape index (κ3) is 3.35. The lowest BCUT2D eigenvalue weighted by Crippen LogP contribution is -2.33.